The number of ether oxygens (including phenoxy) is 1. The van der Waals surface area contributed by atoms with Gasteiger partial charge in [0.25, 0.3) is 0 Å². The van der Waals surface area contributed by atoms with Gasteiger partial charge in [-0.3, -0.25) is 0 Å². The molecule has 1 heterocycles. The first-order chi connectivity index (χ1) is 11.0. The number of halogens is 1. The molecule has 0 saturated carbocycles. The molecule has 0 bridgehead atoms. The lowest BCUT2D eigenvalue weighted by atomic mass is 9.98. The fourth-order valence-corrected chi connectivity index (χ4v) is 3.85. The number of carbonyl (C=O) groups excluding carboxylic acids is 1. The van der Waals surface area contributed by atoms with Gasteiger partial charge >= 0.3 is 5.97 Å². The molecular formula is C18H18ClNO2S. The Kier molecular flexibility index (Phi) is 5.81. The van der Waals surface area contributed by atoms with Crippen molar-refractivity contribution in [1.29, 1.82) is 5.26 Å². The Bertz CT molecular complexity index is 742. The molecule has 0 aliphatic heterocycles. The van der Waals surface area contributed by atoms with E-state index in [1.165, 1.54) is 11.3 Å². The largest absolute Gasteiger partial charge is 0.462 e. The van der Waals surface area contributed by atoms with E-state index in [1.54, 1.807) is 19.1 Å². The maximum Gasteiger partial charge on any atom is 0.348 e. The van der Waals surface area contributed by atoms with Crippen molar-refractivity contribution >= 4 is 28.9 Å². The van der Waals surface area contributed by atoms with Gasteiger partial charge in [-0.25, -0.2) is 4.79 Å². The zero-order chi connectivity index (χ0) is 17.0. The molecule has 0 saturated heterocycles. The fraction of sp³-hybridized carbons (Fsp3) is 0.333. The highest BCUT2D eigenvalue weighted by Crippen LogP contribution is 2.38. The van der Waals surface area contributed by atoms with Gasteiger partial charge in [-0.05, 0) is 37.0 Å². The molecule has 0 aliphatic carbocycles. The van der Waals surface area contributed by atoms with Gasteiger partial charge in [0.1, 0.15) is 10.9 Å². The van der Waals surface area contributed by atoms with Crippen LogP contribution >= 0.6 is 22.9 Å². The van der Waals surface area contributed by atoms with Crippen LogP contribution in [0.5, 0.6) is 0 Å². The Balaban J connectivity index is 2.64. The third-order valence-corrected chi connectivity index (χ3v) is 4.72. The molecule has 0 aliphatic rings. The zero-order valence-electron chi connectivity index (χ0n) is 13.4. The quantitative estimate of drug-likeness (QED) is 0.688. The first kappa shape index (κ1) is 17.5. The lowest BCUT2D eigenvalue weighted by molar-refractivity contribution is 0.0533. The van der Waals surface area contributed by atoms with E-state index in [9.17, 15) is 10.1 Å². The van der Waals surface area contributed by atoms with Crippen LogP contribution < -0.4 is 0 Å². The molecule has 1 aromatic carbocycles. The Morgan fingerprint density at radius 2 is 2.00 bits per heavy atom. The Labute approximate surface area is 145 Å². The minimum Gasteiger partial charge on any atom is -0.462 e. The van der Waals surface area contributed by atoms with Gasteiger partial charge < -0.3 is 4.74 Å². The van der Waals surface area contributed by atoms with Gasteiger partial charge in [-0.15, -0.1) is 11.3 Å². The molecule has 2 rings (SSSR count). The number of hydrogen-bond acceptors (Lipinski definition) is 4. The van der Waals surface area contributed by atoms with Crippen molar-refractivity contribution in [2.24, 2.45) is 5.92 Å². The van der Waals surface area contributed by atoms with E-state index >= 15 is 0 Å². The summed E-state index contributed by atoms with van der Waals surface area (Å²) in [7, 11) is 0. The van der Waals surface area contributed by atoms with Crippen molar-refractivity contribution in [1.82, 2.24) is 0 Å². The predicted octanol–water partition coefficient (Wildman–Crippen LogP) is 5.32. The summed E-state index contributed by atoms with van der Waals surface area (Å²) in [4.78, 5) is 13.7. The summed E-state index contributed by atoms with van der Waals surface area (Å²) < 4.78 is 5.17. The summed E-state index contributed by atoms with van der Waals surface area (Å²) in [6.45, 7) is 6.26. The number of rotatable bonds is 5. The highest BCUT2D eigenvalue weighted by atomic mass is 35.5. The van der Waals surface area contributed by atoms with Crippen molar-refractivity contribution in [3.05, 3.63) is 44.6 Å². The SMILES string of the molecule is CCOC(=O)c1sc(CC(C)C)c(C#N)c1-c1ccc(Cl)cc1. The molecule has 0 N–H and O–H groups in total. The first-order valence-electron chi connectivity index (χ1n) is 7.46. The summed E-state index contributed by atoms with van der Waals surface area (Å²) in [5.41, 5.74) is 2.03. The molecule has 0 atom stereocenters. The fourth-order valence-electron chi connectivity index (χ4n) is 2.34. The van der Waals surface area contributed by atoms with Crippen molar-refractivity contribution in [3.8, 4) is 17.2 Å². The van der Waals surface area contributed by atoms with E-state index in [2.05, 4.69) is 19.9 Å². The van der Waals surface area contributed by atoms with Crippen LogP contribution in [0.3, 0.4) is 0 Å². The standard InChI is InChI=1S/C18H18ClNO2S/c1-4-22-18(21)17-16(12-5-7-13(19)8-6-12)14(10-20)15(23-17)9-11(2)3/h5-8,11H,4,9H2,1-3H3. The second kappa shape index (κ2) is 7.63. The Morgan fingerprint density at radius 3 is 2.52 bits per heavy atom. The van der Waals surface area contributed by atoms with Crippen LogP contribution in [0.1, 0.15) is 40.9 Å². The molecule has 3 nitrogen and oxygen atoms in total. The lowest BCUT2D eigenvalue weighted by Gasteiger charge is -2.05. The van der Waals surface area contributed by atoms with Crippen molar-refractivity contribution in [2.45, 2.75) is 27.2 Å². The van der Waals surface area contributed by atoms with Crippen molar-refractivity contribution in [3.63, 3.8) is 0 Å². The van der Waals surface area contributed by atoms with Crippen LogP contribution in [0.25, 0.3) is 11.1 Å². The van der Waals surface area contributed by atoms with Gasteiger partial charge in [0, 0.05) is 15.5 Å². The number of thiophene rings is 1. The van der Waals surface area contributed by atoms with E-state index in [-0.39, 0.29) is 5.97 Å². The molecule has 120 valence electrons. The third-order valence-electron chi connectivity index (χ3n) is 3.28. The van der Waals surface area contributed by atoms with Crippen LogP contribution in [0.4, 0.5) is 0 Å². The van der Waals surface area contributed by atoms with Gasteiger partial charge in [0.2, 0.25) is 0 Å². The first-order valence-corrected chi connectivity index (χ1v) is 8.66. The van der Waals surface area contributed by atoms with E-state index in [4.69, 9.17) is 16.3 Å². The van der Waals surface area contributed by atoms with E-state index in [1.807, 2.05) is 12.1 Å². The molecule has 1 aromatic heterocycles. The zero-order valence-corrected chi connectivity index (χ0v) is 14.9. The summed E-state index contributed by atoms with van der Waals surface area (Å²) in [6, 6.07) is 9.44. The molecule has 0 radical (unpaired) electrons. The van der Waals surface area contributed by atoms with Gasteiger partial charge in [0.15, 0.2) is 0 Å². The van der Waals surface area contributed by atoms with Gasteiger partial charge in [0.05, 0.1) is 12.2 Å². The summed E-state index contributed by atoms with van der Waals surface area (Å²) in [5.74, 6) is 0.0165. The molecule has 5 heteroatoms. The number of benzene rings is 1. The average Bonchev–Trinajstić information content (AvgIpc) is 2.86. The van der Waals surface area contributed by atoms with Crippen LogP contribution in [0.15, 0.2) is 24.3 Å². The number of esters is 1. The molecular weight excluding hydrogens is 330 g/mol. The molecule has 0 spiro atoms. The summed E-state index contributed by atoms with van der Waals surface area (Å²) in [6.07, 6.45) is 0.757. The predicted molar refractivity (Wildman–Crippen MR) is 94.0 cm³/mol. The number of nitriles is 1. The third kappa shape index (κ3) is 3.93. The van der Waals surface area contributed by atoms with E-state index in [0.29, 0.717) is 33.6 Å². The molecule has 0 fully saturated rings. The Hall–Kier alpha value is -1.83. The molecule has 0 amide bonds. The summed E-state index contributed by atoms with van der Waals surface area (Å²) in [5, 5.41) is 10.2. The van der Waals surface area contributed by atoms with Crippen molar-refractivity contribution in [2.75, 3.05) is 6.61 Å². The van der Waals surface area contributed by atoms with Gasteiger partial charge in [-0.1, -0.05) is 37.6 Å². The van der Waals surface area contributed by atoms with Crippen LogP contribution in [0.2, 0.25) is 5.02 Å². The number of nitrogens with zero attached hydrogens (tertiary/aromatic N) is 1. The van der Waals surface area contributed by atoms with E-state index in [0.717, 1.165) is 16.9 Å². The van der Waals surface area contributed by atoms with Crippen molar-refractivity contribution < 1.29 is 9.53 Å². The lowest BCUT2D eigenvalue weighted by Crippen LogP contribution is -2.04. The summed E-state index contributed by atoms with van der Waals surface area (Å²) >= 11 is 7.30. The number of hydrogen-bond donors (Lipinski definition) is 0. The van der Waals surface area contributed by atoms with Crippen LogP contribution in [-0.4, -0.2) is 12.6 Å². The topological polar surface area (TPSA) is 50.1 Å². The Morgan fingerprint density at radius 1 is 1.35 bits per heavy atom. The van der Waals surface area contributed by atoms with E-state index < -0.39 is 0 Å². The molecule has 0 unspecified atom stereocenters. The maximum absolute atomic E-state index is 12.3. The second-order valence-electron chi connectivity index (χ2n) is 5.54. The number of carbonyl (C=O) groups is 1. The second-order valence-corrected chi connectivity index (χ2v) is 7.08. The van der Waals surface area contributed by atoms with Gasteiger partial charge in [-0.2, -0.15) is 5.26 Å². The highest BCUT2D eigenvalue weighted by molar-refractivity contribution is 7.14. The molecule has 2 aromatic rings. The normalized spacial score (nSPS) is 10.6. The maximum atomic E-state index is 12.3. The van der Waals surface area contributed by atoms with Crippen LogP contribution in [0, 0.1) is 17.2 Å². The average molecular weight is 348 g/mol. The smallest absolute Gasteiger partial charge is 0.348 e. The minimum absolute atomic E-state index is 0.304. The van der Waals surface area contributed by atoms with Crippen LogP contribution in [-0.2, 0) is 11.2 Å². The monoisotopic (exact) mass is 347 g/mol. The molecule has 23 heavy (non-hydrogen) atoms. The highest BCUT2D eigenvalue weighted by Gasteiger charge is 2.25. The minimum atomic E-state index is -0.381.